The average Bonchev–Trinajstić information content (AvgIpc) is 3.34. The van der Waals surface area contributed by atoms with E-state index in [4.69, 9.17) is 0 Å². The third-order valence-electron chi connectivity index (χ3n) is 2.60. The van der Waals surface area contributed by atoms with E-state index in [9.17, 15) is 0 Å². The van der Waals surface area contributed by atoms with Gasteiger partial charge in [-0.2, -0.15) is 78.9 Å². The minimum Gasteiger partial charge on any atom is -0.184 e. The zero-order valence-corrected chi connectivity index (χ0v) is 21.5. The second-order valence-corrected chi connectivity index (χ2v) is 5.24. The van der Waals surface area contributed by atoms with Crippen LogP contribution < -0.4 is 5.30 Å². The summed E-state index contributed by atoms with van der Waals surface area (Å²) in [6.07, 6.45) is 10.0. The van der Waals surface area contributed by atoms with Crippen LogP contribution in [0.2, 0.25) is 0 Å². The summed E-state index contributed by atoms with van der Waals surface area (Å²) in [5.41, 5.74) is 0. The van der Waals surface area contributed by atoms with Crippen molar-refractivity contribution in [2.45, 2.75) is 6.42 Å². The van der Waals surface area contributed by atoms with Crippen LogP contribution in [0, 0.1) is 18.2 Å². The molecule has 0 bridgehead atoms. The first kappa shape index (κ1) is 31.8. The molecule has 4 rings (SSSR count). The smallest absolute Gasteiger partial charge is 0.171 e. The predicted octanol–water partition coefficient (Wildman–Crippen LogP) is 5.39. The van der Waals surface area contributed by atoms with Crippen molar-refractivity contribution < 1.29 is 19.2 Å². The van der Waals surface area contributed by atoms with Gasteiger partial charge in [-0.25, -0.2) is 12.2 Å². The molecule has 3 aromatic carbocycles. The van der Waals surface area contributed by atoms with Gasteiger partial charge in [-0.1, -0.05) is 30.3 Å². The minimum atomic E-state index is 0. The van der Waals surface area contributed by atoms with Gasteiger partial charge < -0.3 is 0 Å². The third-order valence-corrected chi connectivity index (χ3v) is 2.98. The molecule has 0 nitrogen and oxygen atoms in total. The molecule has 0 aromatic heterocycles. The summed E-state index contributed by atoms with van der Waals surface area (Å²) in [6, 6.07) is 35.1. The summed E-state index contributed by atoms with van der Waals surface area (Å²) in [5.74, 6) is 0. The van der Waals surface area contributed by atoms with Gasteiger partial charge in [0.1, 0.15) is 0 Å². The van der Waals surface area contributed by atoms with Crippen molar-refractivity contribution in [2.75, 3.05) is 0 Å². The van der Waals surface area contributed by atoms with Gasteiger partial charge in [0, 0.05) is 0 Å². The molecule has 0 saturated heterocycles. The molecule has 28 heavy (non-hydrogen) atoms. The van der Waals surface area contributed by atoms with E-state index in [0.717, 1.165) is 6.42 Å². The fourth-order valence-electron chi connectivity index (χ4n) is 1.48. The molecule has 0 heterocycles. The van der Waals surface area contributed by atoms with Gasteiger partial charge in [-0.15, -0.1) is 40.5 Å². The maximum Gasteiger partial charge on any atom is -0.171 e. The van der Waals surface area contributed by atoms with Crippen molar-refractivity contribution in [3.8, 4) is 0 Å². The van der Waals surface area contributed by atoms with E-state index in [0.29, 0.717) is 0 Å². The molecule has 0 fully saturated rings. The molecule has 148 valence electrons. The van der Waals surface area contributed by atoms with Crippen LogP contribution in [0.1, 0.15) is 6.42 Å². The molecule has 1 aliphatic rings. The Morgan fingerprint density at radius 3 is 1.29 bits per heavy atom. The van der Waals surface area contributed by atoms with Gasteiger partial charge in [0.2, 0.25) is 0 Å². The number of hydrogen-bond donors (Lipinski definition) is 0. The Morgan fingerprint density at radius 2 is 1.14 bits per heavy atom. The average molecular weight is 480 g/mol. The quantitative estimate of drug-likeness (QED) is 0.230. The second-order valence-electron chi connectivity index (χ2n) is 4.57. The second kappa shape index (κ2) is 28.3. The summed E-state index contributed by atoms with van der Waals surface area (Å²) in [6.45, 7) is 0. The van der Waals surface area contributed by atoms with Crippen molar-refractivity contribution >= 4 is 47.0 Å². The molecule has 0 amide bonds. The van der Waals surface area contributed by atoms with E-state index in [2.05, 4.69) is 33.5 Å². The van der Waals surface area contributed by atoms with Gasteiger partial charge in [0.25, 0.3) is 0 Å². The van der Waals surface area contributed by atoms with Crippen molar-refractivity contribution in [2.24, 2.45) is 0 Å². The third kappa shape index (κ3) is 25.1. The molecule has 0 radical (unpaired) electrons. The molecular formula is C23H26Cl2PSiTi-3. The Balaban J connectivity index is -0.000000284. The molecule has 5 heteroatoms. The van der Waals surface area contributed by atoms with E-state index in [1.807, 2.05) is 130 Å². The van der Waals surface area contributed by atoms with Crippen molar-refractivity contribution in [3.05, 3.63) is 127 Å². The molecular weight excluding hydrogens is 454 g/mol. The number of rotatable bonds is 0. The Morgan fingerprint density at radius 1 is 0.714 bits per heavy atom. The molecule has 3 aromatic rings. The summed E-state index contributed by atoms with van der Waals surface area (Å²) in [5, 5.41) is 1.24. The van der Waals surface area contributed by atoms with Crippen LogP contribution in [0.15, 0.2) is 109 Å². The van der Waals surface area contributed by atoms with Gasteiger partial charge >= 0.3 is 26.8 Å². The molecule has 0 N–H and O–H groups in total. The molecule has 0 aliphatic heterocycles. The first-order chi connectivity index (χ1) is 12.9. The van der Waals surface area contributed by atoms with Crippen molar-refractivity contribution in [3.63, 3.8) is 0 Å². The maximum absolute atomic E-state index is 2.99. The minimum absolute atomic E-state index is 0. The van der Waals surface area contributed by atoms with Crippen LogP contribution in [-0.4, -0.2) is 7.63 Å². The van der Waals surface area contributed by atoms with Crippen LogP contribution >= 0.6 is 34.1 Å². The number of allylic oxidation sites excluding steroid dienone is 4. The zero-order chi connectivity index (χ0) is 19.1. The fourth-order valence-corrected chi connectivity index (χ4v) is 1.70. The molecule has 1 atom stereocenters. The number of hydrogen-bond acceptors (Lipinski definition) is 0. The van der Waals surface area contributed by atoms with E-state index in [-0.39, 0.29) is 24.8 Å². The predicted molar refractivity (Wildman–Crippen MR) is 131 cm³/mol. The van der Waals surface area contributed by atoms with Crippen molar-refractivity contribution in [1.82, 2.24) is 0 Å². The normalized spacial score (nSPS) is 8.86. The standard InChI is InChI=1S/C6H7P.2C6H5.C5H5.2ClH.H2Si.Ti/c7-6-4-2-1-3-5-6;2*1-2-4-6-5-3-1;1-2-4-5-3-1;;;;/h1-5H,7H2;2*1-5H;1-3H,4H2;2*1H;1H2;/q;3*-1;;;;. The number of benzene rings is 3. The Kier molecular flexibility index (Phi) is 32.1. The van der Waals surface area contributed by atoms with Crippen LogP contribution in [0.25, 0.3) is 0 Å². The van der Waals surface area contributed by atoms with Gasteiger partial charge in [0.05, 0.1) is 0 Å². The van der Waals surface area contributed by atoms with E-state index >= 15 is 0 Å². The first-order valence-corrected chi connectivity index (χ1v) is 12.7. The topological polar surface area (TPSA) is 0 Å². The molecule has 0 spiro atoms. The van der Waals surface area contributed by atoms with E-state index < -0.39 is 0 Å². The number of halogens is 2. The van der Waals surface area contributed by atoms with E-state index in [1.165, 1.54) is 5.30 Å². The van der Waals surface area contributed by atoms with Crippen molar-refractivity contribution in [1.29, 1.82) is 0 Å². The van der Waals surface area contributed by atoms with Gasteiger partial charge in [-0.3, -0.25) is 6.08 Å². The van der Waals surface area contributed by atoms with Crippen LogP contribution in [0.5, 0.6) is 0 Å². The molecule has 0 saturated carbocycles. The van der Waals surface area contributed by atoms with Crippen LogP contribution in [0.3, 0.4) is 0 Å². The molecule has 1 unspecified atom stereocenters. The molecule has 1 aliphatic carbocycles. The van der Waals surface area contributed by atoms with Crippen LogP contribution in [-0.2, 0) is 19.2 Å². The van der Waals surface area contributed by atoms with Crippen LogP contribution in [0.4, 0.5) is 0 Å². The summed E-state index contributed by atoms with van der Waals surface area (Å²) in [4.78, 5) is 0. The first-order valence-electron chi connectivity index (χ1n) is 8.09. The fraction of sp³-hybridized carbons (Fsp3) is 0.0435. The summed E-state index contributed by atoms with van der Waals surface area (Å²) in [7, 11) is 4.49. The Hall–Kier alpha value is -0.919. The van der Waals surface area contributed by atoms with Gasteiger partial charge in [-0.05, 0) is 5.30 Å². The zero-order valence-electron chi connectivity index (χ0n) is 15.7. The Bertz CT molecular complexity index is 586. The Labute approximate surface area is 199 Å². The summed E-state index contributed by atoms with van der Waals surface area (Å²) < 4.78 is 0. The van der Waals surface area contributed by atoms with Gasteiger partial charge in [0.15, 0.2) is 0 Å². The monoisotopic (exact) mass is 479 g/mol. The largest absolute Gasteiger partial charge is 0.184 e. The maximum atomic E-state index is 2.99. The summed E-state index contributed by atoms with van der Waals surface area (Å²) >= 11 is 2.03. The SMILES string of the molecule is Cl.Cl.Pc1ccccc1.[C-]1=CC=CC1.[SiH2]=[Ti].[c-]1ccccc1.[c-]1ccccc1. The van der Waals surface area contributed by atoms with E-state index in [1.54, 1.807) is 0 Å².